The molecule has 1 aliphatic heterocycles. The van der Waals surface area contributed by atoms with Gasteiger partial charge < -0.3 is 10.2 Å². The van der Waals surface area contributed by atoms with Crippen LogP contribution in [0.4, 0.5) is 4.39 Å². The van der Waals surface area contributed by atoms with Crippen LogP contribution in [0.1, 0.15) is 40.2 Å². The monoisotopic (exact) mass is 374 g/mol. The van der Waals surface area contributed by atoms with Gasteiger partial charge in [0.25, 0.3) is 5.91 Å². The normalized spacial score (nSPS) is 17.9. The molecule has 0 aliphatic carbocycles. The molecule has 1 heterocycles. The Morgan fingerprint density at radius 1 is 1.27 bits per heavy atom. The van der Waals surface area contributed by atoms with E-state index in [1.807, 2.05) is 6.07 Å². The highest BCUT2D eigenvalue weighted by atomic mass is 35.5. The molecule has 0 saturated carbocycles. The summed E-state index contributed by atoms with van der Waals surface area (Å²) in [6, 6.07) is 13.4. The largest absolute Gasteiger partial charge is 0.351 e. The van der Waals surface area contributed by atoms with Crippen molar-refractivity contribution in [3.63, 3.8) is 0 Å². The van der Waals surface area contributed by atoms with Crippen LogP contribution in [0.15, 0.2) is 42.5 Å². The molecule has 2 aromatic rings. The van der Waals surface area contributed by atoms with E-state index >= 15 is 0 Å². The fourth-order valence-corrected chi connectivity index (χ4v) is 3.78. The summed E-state index contributed by atoms with van der Waals surface area (Å²) < 4.78 is 13.9. The summed E-state index contributed by atoms with van der Waals surface area (Å²) in [4.78, 5) is 14.7. The molecular weight excluding hydrogens is 351 g/mol. The number of hydrogen-bond acceptors (Lipinski definition) is 2. The summed E-state index contributed by atoms with van der Waals surface area (Å²) in [6.07, 6.45) is 2.34. The van der Waals surface area contributed by atoms with Crippen LogP contribution in [-0.4, -0.2) is 37.0 Å². The highest BCUT2D eigenvalue weighted by Gasteiger charge is 2.22. The van der Waals surface area contributed by atoms with Gasteiger partial charge in [-0.15, -0.1) is 0 Å². The number of carbonyl (C=O) groups excluding carboxylic acids is 1. The molecule has 0 spiro atoms. The lowest BCUT2D eigenvalue weighted by Crippen LogP contribution is -2.40. The third-order valence-electron chi connectivity index (χ3n) is 5.00. The van der Waals surface area contributed by atoms with Crippen LogP contribution in [0.25, 0.3) is 0 Å². The van der Waals surface area contributed by atoms with E-state index in [2.05, 4.69) is 34.5 Å². The molecule has 1 fully saturated rings. The fraction of sp³-hybridized carbons (Fsp3) is 0.381. The third-order valence-corrected chi connectivity index (χ3v) is 5.49. The SMILES string of the molecule is Cc1ccc(F)c(C(=O)NCCN2CCC[C@H](c3ccccc3)C2)c1Cl. The number of nitrogens with one attached hydrogen (secondary N) is 1. The number of aryl methyl sites for hydroxylation is 1. The van der Waals surface area contributed by atoms with Crippen LogP contribution >= 0.6 is 11.6 Å². The van der Waals surface area contributed by atoms with E-state index in [9.17, 15) is 9.18 Å². The number of piperidine rings is 1. The number of amides is 1. The summed E-state index contributed by atoms with van der Waals surface area (Å²) in [6.45, 7) is 5.00. The van der Waals surface area contributed by atoms with Crippen molar-refractivity contribution in [2.24, 2.45) is 0 Å². The van der Waals surface area contributed by atoms with Gasteiger partial charge in [-0.1, -0.05) is 48.0 Å². The van der Waals surface area contributed by atoms with E-state index in [0.29, 0.717) is 18.0 Å². The van der Waals surface area contributed by atoms with E-state index in [4.69, 9.17) is 11.6 Å². The van der Waals surface area contributed by atoms with E-state index < -0.39 is 11.7 Å². The van der Waals surface area contributed by atoms with Crippen LogP contribution in [0.3, 0.4) is 0 Å². The molecule has 1 saturated heterocycles. The Hall–Kier alpha value is -1.91. The fourth-order valence-electron chi connectivity index (χ4n) is 3.54. The molecule has 0 bridgehead atoms. The van der Waals surface area contributed by atoms with Crippen molar-refractivity contribution >= 4 is 17.5 Å². The van der Waals surface area contributed by atoms with Gasteiger partial charge in [0.15, 0.2) is 0 Å². The molecule has 1 N–H and O–H groups in total. The first-order chi connectivity index (χ1) is 12.6. The average Bonchev–Trinajstić information content (AvgIpc) is 2.66. The minimum absolute atomic E-state index is 0.0625. The third kappa shape index (κ3) is 4.43. The Balaban J connectivity index is 1.53. The Morgan fingerprint density at radius 2 is 2.04 bits per heavy atom. The van der Waals surface area contributed by atoms with Crippen molar-refractivity contribution in [1.82, 2.24) is 10.2 Å². The Labute approximate surface area is 159 Å². The Kier molecular flexibility index (Phi) is 6.28. The zero-order chi connectivity index (χ0) is 18.5. The van der Waals surface area contributed by atoms with Gasteiger partial charge in [0.1, 0.15) is 5.82 Å². The van der Waals surface area contributed by atoms with Crippen molar-refractivity contribution in [3.8, 4) is 0 Å². The molecule has 2 aromatic carbocycles. The maximum Gasteiger partial charge on any atom is 0.255 e. The second-order valence-electron chi connectivity index (χ2n) is 6.86. The second kappa shape index (κ2) is 8.65. The minimum Gasteiger partial charge on any atom is -0.351 e. The molecule has 3 rings (SSSR count). The zero-order valence-electron chi connectivity index (χ0n) is 15.0. The Bertz CT molecular complexity index is 766. The van der Waals surface area contributed by atoms with Crippen molar-refractivity contribution < 1.29 is 9.18 Å². The first-order valence-corrected chi connectivity index (χ1v) is 9.44. The van der Waals surface area contributed by atoms with E-state index in [-0.39, 0.29) is 10.6 Å². The van der Waals surface area contributed by atoms with Gasteiger partial charge in [0.05, 0.1) is 10.6 Å². The predicted molar refractivity (Wildman–Crippen MR) is 103 cm³/mol. The first-order valence-electron chi connectivity index (χ1n) is 9.06. The number of benzene rings is 2. The summed E-state index contributed by atoms with van der Waals surface area (Å²) in [7, 11) is 0. The van der Waals surface area contributed by atoms with Crippen LogP contribution in [-0.2, 0) is 0 Å². The summed E-state index contributed by atoms with van der Waals surface area (Å²) in [5, 5.41) is 2.99. The van der Waals surface area contributed by atoms with Crippen LogP contribution in [0, 0.1) is 12.7 Å². The number of likely N-dealkylation sites (tertiary alicyclic amines) is 1. The molecule has 5 heteroatoms. The highest BCUT2D eigenvalue weighted by Crippen LogP contribution is 2.26. The van der Waals surface area contributed by atoms with Crippen molar-refractivity contribution in [2.45, 2.75) is 25.7 Å². The average molecular weight is 375 g/mol. The highest BCUT2D eigenvalue weighted by molar-refractivity contribution is 6.34. The number of nitrogens with zero attached hydrogens (tertiary/aromatic N) is 1. The first kappa shape index (κ1) is 18.9. The lowest BCUT2D eigenvalue weighted by molar-refractivity contribution is 0.0941. The van der Waals surface area contributed by atoms with E-state index in [0.717, 1.165) is 26.1 Å². The maximum absolute atomic E-state index is 13.9. The summed E-state index contributed by atoms with van der Waals surface area (Å²) in [5.74, 6) is -0.502. The van der Waals surface area contributed by atoms with Gasteiger partial charge in [0.2, 0.25) is 0 Å². The molecular formula is C21H24ClFN2O. The van der Waals surface area contributed by atoms with Crippen molar-refractivity contribution in [2.75, 3.05) is 26.2 Å². The predicted octanol–water partition coefficient (Wildman–Crippen LogP) is 4.40. The molecule has 1 aliphatic rings. The zero-order valence-corrected chi connectivity index (χ0v) is 15.7. The lowest BCUT2D eigenvalue weighted by atomic mass is 9.91. The van der Waals surface area contributed by atoms with Crippen molar-refractivity contribution in [1.29, 1.82) is 0 Å². The smallest absolute Gasteiger partial charge is 0.255 e. The number of rotatable bonds is 5. The van der Waals surface area contributed by atoms with Gasteiger partial charge in [-0.2, -0.15) is 0 Å². The van der Waals surface area contributed by atoms with E-state index in [1.54, 1.807) is 13.0 Å². The number of hydrogen-bond donors (Lipinski definition) is 1. The lowest BCUT2D eigenvalue weighted by Gasteiger charge is -2.33. The number of carbonyl (C=O) groups is 1. The molecule has 3 nitrogen and oxygen atoms in total. The molecule has 26 heavy (non-hydrogen) atoms. The molecule has 138 valence electrons. The van der Waals surface area contributed by atoms with Crippen LogP contribution < -0.4 is 5.32 Å². The maximum atomic E-state index is 13.9. The van der Waals surface area contributed by atoms with Gasteiger partial charge >= 0.3 is 0 Å². The molecule has 1 atom stereocenters. The van der Waals surface area contributed by atoms with Gasteiger partial charge in [0, 0.05) is 19.6 Å². The van der Waals surface area contributed by atoms with E-state index in [1.165, 1.54) is 18.1 Å². The molecule has 0 aromatic heterocycles. The molecule has 0 radical (unpaired) electrons. The van der Waals surface area contributed by atoms with Gasteiger partial charge in [-0.05, 0) is 49.4 Å². The summed E-state index contributed by atoms with van der Waals surface area (Å²) in [5.41, 5.74) is 2.00. The topological polar surface area (TPSA) is 32.3 Å². The number of halogens is 2. The molecule has 0 unspecified atom stereocenters. The Morgan fingerprint density at radius 3 is 2.81 bits per heavy atom. The van der Waals surface area contributed by atoms with Gasteiger partial charge in [-0.3, -0.25) is 4.79 Å². The second-order valence-corrected chi connectivity index (χ2v) is 7.24. The quantitative estimate of drug-likeness (QED) is 0.841. The standard InChI is InChI=1S/C21H24ClFN2O/c1-15-9-10-18(23)19(20(15)22)21(26)24-11-13-25-12-5-8-17(14-25)16-6-3-2-4-7-16/h2-4,6-7,9-10,17H,5,8,11-14H2,1H3,(H,24,26)/t17-/m0/s1. The van der Waals surface area contributed by atoms with Crippen molar-refractivity contribution in [3.05, 3.63) is 70.0 Å². The minimum atomic E-state index is -0.583. The van der Waals surface area contributed by atoms with Crippen LogP contribution in [0.2, 0.25) is 5.02 Å². The molecule has 1 amide bonds. The van der Waals surface area contributed by atoms with Crippen LogP contribution in [0.5, 0.6) is 0 Å². The van der Waals surface area contributed by atoms with Gasteiger partial charge in [-0.25, -0.2) is 4.39 Å². The summed E-state index contributed by atoms with van der Waals surface area (Å²) >= 11 is 6.10.